The van der Waals surface area contributed by atoms with E-state index in [0.29, 0.717) is 19.4 Å². The van der Waals surface area contributed by atoms with Crippen molar-refractivity contribution >= 4 is 11.9 Å². The van der Waals surface area contributed by atoms with E-state index < -0.39 is 108 Å². The maximum atomic E-state index is 14.3. The van der Waals surface area contributed by atoms with Gasteiger partial charge >= 0.3 is 30.8 Å². The molecular weight excluding hydrogens is 763 g/mol. The smallest absolute Gasteiger partial charge is 1.00 e. The van der Waals surface area contributed by atoms with Crippen LogP contribution in [0.3, 0.4) is 0 Å². The topological polar surface area (TPSA) is 217 Å². The molecule has 17 heteroatoms. The molecule has 3 rings (SSSR count). The summed E-state index contributed by atoms with van der Waals surface area (Å²) in [5.41, 5.74) is -4.53. The van der Waals surface area contributed by atoms with E-state index in [2.05, 4.69) is 0 Å². The number of aliphatic hydroxyl groups is 5. The van der Waals surface area contributed by atoms with Crippen molar-refractivity contribution in [2.45, 2.75) is 211 Å². The summed E-state index contributed by atoms with van der Waals surface area (Å²) in [5, 5.41) is 68.2. The van der Waals surface area contributed by atoms with Gasteiger partial charge in [-0.1, -0.05) is 20.8 Å². The Bertz CT molecular complexity index is 1340. The van der Waals surface area contributed by atoms with Crippen LogP contribution in [0.25, 0.3) is 0 Å². The molecule has 3 fully saturated rings. The summed E-state index contributed by atoms with van der Waals surface area (Å²) in [4.78, 5) is 29.5. The largest absolute Gasteiger partial charge is 1.00 e. The standard InChI is InChI=1S/C42H78N2O14.Li.H/c1-15-30-42(11,52)35(48)27(7)43(12)21-22(2)19-40(9,51)37(58-39-33(47)29(18-24(4)54-39)44(13)23(3)16-17-31(45)46)25(5)34(26(6)38(50)56-30)57-32-20-41(10,53-14)36(49)28(8)55-32;;/h22-30,32-37,39,47-49,51-52H,15-21H2,1-14H3,(H,45,46);;/q;+1;-1. The predicted molar refractivity (Wildman–Crippen MR) is 216 cm³/mol. The fourth-order valence-electron chi connectivity index (χ4n) is 9.49. The second kappa shape index (κ2) is 22.1. The Morgan fingerprint density at radius 2 is 1.63 bits per heavy atom. The van der Waals surface area contributed by atoms with Gasteiger partial charge in [0.15, 0.2) is 12.6 Å². The van der Waals surface area contributed by atoms with Gasteiger partial charge in [0.25, 0.3) is 0 Å². The number of likely N-dealkylation sites (N-methyl/N-ethyl adjacent to an activating group) is 2. The van der Waals surface area contributed by atoms with Gasteiger partial charge in [-0.15, -0.1) is 0 Å². The van der Waals surface area contributed by atoms with Crippen molar-refractivity contribution in [2.24, 2.45) is 17.8 Å². The van der Waals surface area contributed by atoms with Gasteiger partial charge in [-0.3, -0.25) is 14.5 Å². The maximum Gasteiger partial charge on any atom is 1.00 e. The normalized spacial score (nSPS) is 45.4. The van der Waals surface area contributed by atoms with Crippen LogP contribution in [-0.4, -0.2) is 176 Å². The van der Waals surface area contributed by atoms with Crippen LogP contribution >= 0.6 is 0 Å². The van der Waals surface area contributed by atoms with Crippen molar-refractivity contribution in [3.05, 3.63) is 0 Å². The quantitative estimate of drug-likeness (QED) is 0.116. The molecule has 342 valence electrons. The van der Waals surface area contributed by atoms with Gasteiger partial charge < -0.3 is 65.4 Å². The molecule has 19 unspecified atom stereocenters. The number of carbonyl (C=O) groups is 2. The first-order chi connectivity index (χ1) is 26.7. The van der Waals surface area contributed by atoms with E-state index in [0.717, 1.165) is 0 Å². The first kappa shape index (κ1) is 54.2. The molecule has 19 atom stereocenters. The number of aliphatic hydroxyl groups excluding tert-OH is 3. The molecule has 0 aromatic rings. The molecule has 16 nitrogen and oxygen atoms in total. The number of aliphatic carboxylic acids is 1. The third-order valence-electron chi connectivity index (χ3n) is 13.5. The van der Waals surface area contributed by atoms with Gasteiger partial charge in [0.1, 0.15) is 30.0 Å². The van der Waals surface area contributed by atoms with Gasteiger partial charge in [-0.2, -0.15) is 0 Å². The Morgan fingerprint density at radius 3 is 2.19 bits per heavy atom. The van der Waals surface area contributed by atoms with E-state index in [9.17, 15) is 40.2 Å². The second-order valence-electron chi connectivity index (χ2n) is 18.6. The molecule has 0 radical (unpaired) electrons. The minimum absolute atomic E-state index is 0. The molecule has 59 heavy (non-hydrogen) atoms. The van der Waals surface area contributed by atoms with Gasteiger partial charge in [0.05, 0.1) is 41.5 Å². The summed E-state index contributed by atoms with van der Waals surface area (Å²) in [6.45, 7) is 19.6. The number of hydrogen-bond donors (Lipinski definition) is 6. The number of carboxylic acids is 1. The van der Waals surface area contributed by atoms with E-state index in [-0.39, 0.29) is 64.0 Å². The van der Waals surface area contributed by atoms with Gasteiger partial charge in [-0.25, -0.2) is 0 Å². The van der Waals surface area contributed by atoms with Crippen molar-refractivity contribution in [3.8, 4) is 0 Å². The van der Waals surface area contributed by atoms with E-state index >= 15 is 0 Å². The van der Waals surface area contributed by atoms with Crippen LogP contribution < -0.4 is 18.9 Å². The zero-order valence-corrected chi connectivity index (χ0v) is 38.5. The Morgan fingerprint density at radius 1 is 1.02 bits per heavy atom. The van der Waals surface area contributed by atoms with Crippen LogP contribution in [0.15, 0.2) is 0 Å². The number of hydrogen-bond acceptors (Lipinski definition) is 15. The van der Waals surface area contributed by atoms with Crippen molar-refractivity contribution in [3.63, 3.8) is 0 Å². The first-order valence-electron chi connectivity index (χ1n) is 21.2. The van der Waals surface area contributed by atoms with Crippen LogP contribution in [0, 0.1) is 17.8 Å². The SMILES string of the molecule is CCC1OC(=O)C(C)C(OC2CC(C)(OC)C(O)C(C)O2)C(C)C(OC2OC(C)CC(N(C)C(C)CCC(=O)O)C2O)C(C)(O)CC(C)CN(C)C(C)C(O)C1(C)O.[H-].[Li+]. The molecule has 0 saturated carbocycles. The van der Waals surface area contributed by atoms with Crippen LogP contribution in [0.2, 0.25) is 0 Å². The molecule has 0 aromatic carbocycles. The second-order valence-corrected chi connectivity index (χ2v) is 18.6. The summed E-state index contributed by atoms with van der Waals surface area (Å²) < 4.78 is 37.8. The van der Waals surface area contributed by atoms with Crippen molar-refractivity contribution in [2.75, 3.05) is 27.7 Å². The summed E-state index contributed by atoms with van der Waals surface area (Å²) >= 11 is 0. The third-order valence-corrected chi connectivity index (χ3v) is 13.5. The summed E-state index contributed by atoms with van der Waals surface area (Å²) in [6.07, 6.45) is -8.89. The fourth-order valence-corrected chi connectivity index (χ4v) is 9.49. The van der Waals surface area contributed by atoms with Gasteiger partial charge in [0, 0.05) is 50.5 Å². The number of carbonyl (C=O) groups excluding carboxylic acids is 1. The van der Waals surface area contributed by atoms with E-state index in [1.165, 1.54) is 14.0 Å². The Kier molecular flexibility index (Phi) is 20.3. The summed E-state index contributed by atoms with van der Waals surface area (Å²) in [5.74, 6) is -3.72. The average Bonchev–Trinajstić information content (AvgIpc) is 3.14. The zero-order valence-electron chi connectivity index (χ0n) is 39.5. The van der Waals surface area contributed by atoms with E-state index in [1.54, 1.807) is 48.5 Å². The summed E-state index contributed by atoms with van der Waals surface area (Å²) in [7, 11) is 5.15. The number of nitrogens with zero attached hydrogens (tertiary/aromatic N) is 2. The zero-order chi connectivity index (χ0) is 44.2. The predicted octanol–water partition coefficient (Wildman–Crippen LogP) is -0.359. The molecule has 0 bridgehead atoms. The molecule has 3 heterocycles. The van der Waals surface area contributed by atoms with E-state index in [4.69, 9.17) is 28.4 Å². The third kappa shape index (κ3) is 13.1. The van der Waals surface area contributed by atoms with Crippen molar-refractivity contribution in [1.29, 1.82) is 0 Å². The summed E-state index contributed by atoms with van der Waals surface area (Å²) in [6, 6.07) is -1.24. The van der Waals surface area contributed by atoms with Crippen molar-refractivity contribution in [1.82, 2.24) is 9.80 Å². The average molecular weight is 843 g/mol. The van der Waals surface area contributed by atoms with Gasteiger partial charge in [0.2, 0.25) is 0 Å². The molecule has 0 aromatic heterocycles. The molecule has 3 aliphatic rings. The Labute approximate surface area is 366 Å². The number of ether oxygens (including phenoxy) is 6. The Hall–Kier alpha value is -0.943. The molecule has 3 aliphatic heterocycles. The van der Waals surface area contributed by atoms with Crippen LogP contribution in [-0.2, 0) is 38.0 Å². The fraction of sp³-hybridized carbons (Fsp3) is 0.952. The molecular formula is C42H79LiN2O14. The molecule has 0 aliphatic carbocycles. The maximum absolute atomic E-state index is 14.3. The Balaban J connectivity index is 0.00000900. The monoisotopic (exact) mass is 843 g/mol. The molecule has 3 saturated heterocycles. The number of rotatable bonds is 11. The minimum Gasteiger partial charge on any atom is -1.00 e. The molecule has 6 N–H and O–H groups in total. The number of methoxy groups -OCH3 is 1. The van der Waals surface area contributed by atoms with Gasteiger partial charge in [-0.05, 0) is 101 Å². The van der Waals surface area contributed by atoms with Crippen molar-refractivity contribution < 1.29 is 88.9 Å². The number of carboxylic acid groups (broad SMARTS) is 1. The van der Waals surface area contributed by atoms with Crippen LogP contribution in [0.1, 0.15) is 116 Å². The first-order valence-corrected chi connectivity index (χ1v) is 21.2. The number of esters is 1. The minimum atomic E-state index is -1.83. The van der Waals surface area contributed by atoms with Crippen LogP contribution in [0.4, 0.5) is 0 Å². The number of cyclic esters (lactones) is 1. The van der Waals surface area contributed by atoms with E-state index in [1.807, 2.05) is 44.7 Å². The van der Waals surface area contributed by atoms with Crippen LogP contribution in [0.5, 0.6) is 0 Å². The molecule has 0 spiro atoms. The molecule has 0 amide bonds.